The third-order valence-corrected chi connectivity index (χ3v) is 3.35. The molecule has 19 heavy (non-hydrogen) atoms. The summed E-state index contributed by atoms with van der Waals surface area (Å²) in [5, 5.41) is 2.94. The Morgan fingerprint density at radius 2 is 2.00 bits per heavy atom. The van der Waals surface area contributed by atoms with Gasteiger partial charge in [0.1, 0.15) is 5.75 Å². The van der Waals surface area contributed by atoms with E-state index in [1.165, 1.54) is 0 Å². The zero-order valence-corrected chi connectivity index (χ0v) is 10.8. The number of anilines is 1. The monoisotopic (exact) mass is 253 g/mol. The Hall–Kier alpha value is -2.29. The second-order valence-corrected chi connectivity index (χ2v) is 4.66. The third-order valence-electron chi connectivity index (χ3n) is 3.35. The first kappa shape index (κ1) is 11.8. The highest BCUT2D eigenvalue weighted by Gasteiger charge is 2.18. The summed E-state index contributed by atoms with van der Waals surface area (Å²) in [6.07, 6.45) is 0.906. The Morgan fingerprint density at radius 1 is 1.16 bits per heavy atom. The minimum atomic E-state index is -0.0954. The molecule has 0 radical (unpaired) electrons. The first-order valence-electron chi connectivity index (χ1n) is 6.37. The summed E-state index contributed by atoms with van der Waals surface area (Å²) in [5.74, 6) is 0.714. The van der Waals surface area contributed by atoms with Crippen molar-refractivity contribution in [2.24, 2.45) is 0 Å². The van der Waals surface area contributed by atoms with Crippen LogP contribution in [0.4, 0.5) is 5.69 Å². The van der Waals surface area contributed by atoms with E-state index in [0.29, 0.717) is 12.2 Å². The van der Waals surface area contributed by atoms with Gasteiger partial charge in [-0.05, 0) is 30.2 Å². The number of para-hydroxylation sites is 1. The highest BCUT2D eigenvalue weighted by Crippen LogP contribution is 2.33. The lowest BCUT2D eigenvalue weighted by atomic mass is 10.1. The number of fused-ring (bicyclic) bond motifs is 1. The molecule has 0 unspecified atom stereocenters. The molecular weight excluding hydrogens is 238 g/mol. The number of amides is 1. The molecule has 3 rings (SSSR count). The molecule has 0 fully saturated rings. The van der Waals surface area contributed by atoms with Gasteiger partial charge in [-0.3, -0.25) is 4.79 Å². The van der Waals surface area contributed by atoms with Gasteiger partial charge in [0.15, 0.2) is 0 Å². The number of aryl methyl sites for hydroxylation is 1. The van der Waals surface area contributed by atoms with Gasteiger partial charge in [0, 0.05) is 12.0 Å². The van der Waals surface area contributed by atoms with Crippen LogP contribution in [0.2, 0.25) is 0 Å². The second kappa shape index (κ2) is 4.76. The minimum Gasteiger partial charge on any atom is -0.491 e. The molecular formula is C16H15NO2. The van der Waals surface area contributed by atoms with Crippen molar-refractivity contribution >= 4 is 11.6 Å². The van der Waals surface area contributed by atoms with Crippen molar-refractivity contribution in [3.05, 3.63) is 59.2 Å². The van der Waals surface area contributed by atoms with Gasteiger partial charge >= 0.3 is 0 Å². The minimum absolute atomic E-state index is 0.0954. The average molecular weight is 253 g/mol. The van der Waals surface area contributed by atoms with Crippen LogP contribution >= 0.6 is 0 Å². The number of benzene rings is 2. The summed E-state index contributed by atoms with van der Waals surface area (Å²) in [5.41, 5.74) is 3.57. The Morgan fingerprint density at radius 3 is 2.84 bits per heavy atom. The number of nitrogens with one attached hydrogen (secondary N) is 1. The van der Waals surface area contributed by atoms with Crippen LogP contribution in [0.25, 0.3) is 0 Å². The summed E-state index contributed by atoms with van der Waals surface area (Å²) < 4.78 is 5.58. The fourth-order valence-electron chi connectivity index (χ4n) is 2.33. The molecule has 0 saturated carbocycles. The van der Waals surface area contributed by atoms with Crippen molar-refractivity contribution in [3.63, 3.8) is 0 Å². The van der Waals surface area contributed by atoms with Crippen LogP contribution in [-0.4, -0.2) is 12.5 Å². The van der Waals surface area contributed by atoms with Crippen molar-refractivity contribution in [2.75, 3.05) is 11.9 Å². The lowest BCUT2D eigenvalue weighted by molar-refractivity contribution is 0.102. The van der Waals surface area contributed by atoms with Gasteiger partial charge < -0.3 is 10.1 Å². The van der Waals surface area contributed by atoms with Crippen LogP contribution in [0.15, 0.2) is 42.5 Å². The van der Waals surface area contributed by atoms with Crippen LogP contribution in [0, 0.1) is 6.92 Å². The SMILES string of the molecule is Cc1ccccc1C(=O)Nc1cccc2c1OCC2. The molecule has 2 aromatic rings. The molecule has 0 saturated heterocycles. The Balaban J connectivity index is 1.89. The number of hydrogen-bond acceptors (Lipinski definition) is 2. The summed E-state index contributed by atoms with van der Waals surface area (Å²) in [6, 6.07) is 13.4. The van der Waals surface area contributed by atoms with Crippen molar-refractivity contribution < 1.29 is 9.53 Å². The summed E-state index contributed by atoms with van der Waals surface area (Å²) in [4.78, 5) is 12.3. The summed E-state index contributed by atoms with van der Waals surface area (Å²) in [7, 11) is 0. The molecule has 96 valence electrons. The van der Waals surface area contributed by atoms with Gasteiger partial charge in [0.2, 0.25) is 0 Å². The van der Waals surface area contributed by atoms with E-state index in [1.807, 2.05) is 49.4 Å². The lowest BCUT2D eigenvalue weighted by Crippen LogP contribution is -2.13. The van der Waals surface area contributed by atoms with Crippen molar-refractivity contribution in [3.8, 4) is 5.75 Å². The molecule has 0 aromatic heterocycles. The van der Waals surface area contributed by atoms with Crippen LogP contribution in [-0.2, 0) is 6.42 Å². The van der Waals surface area contributed by atoms with Gasteiger partial charge in [-0.1, -0.05) is 30.3 Å². The van der Waals surface area contributed by atoms with E-state index in [0.717, 1.165) is 29.0 Å². The lowest BCUT2D eigenvalue weighted by Gasteiger charge is -2.10. The molecule has 1 heterocycles. The fraction of sp³-hybridized carbons (Fsp3) is 0.188. The standard InChI is InChI=1S/C16H15NO2/c1-11-5-2-3-7-13(11)16(18)17-14-8-4-6-12-9-10-19-15(12)14/h2-8H,9-10H2,1H3,(H,17,18). The van der Waals surface area contributed by atoms with Gasteiger partial charge in [0.25, 0.3) is 5.91 Å². The van der Waals surface area contributed by atoms with E-state index in [4.69, 9.17) is 4.74 Å². The molecule has 0 atom stereocenters. The van der Waals surface area contributed by atoms with E-state index < -0.39 is 0 Å². The van der Waals surface area contributed by atoms with Crippen molar-refractivity contribution in [2.45, 2.75) is 13.3 Å². The number of carbonyl (C=O) groups is 1. The second-order valence-electron chi connectivity index (χ2n) is 4.66. The van der Waals surface area contributed by atoms with Crippen LogP contribution in [0.3, 0.4) is 0 Å². The predicted octanol–water partition coefficient (Wildman–Crippen LogP) is 3.18. The summed E-state index contributed by atoms with van der Waals surface area (Å²) in [6.45, 7) is 2.62. The highest BCUT2D eigenvalue weighted by atomic mass is 16.5. The number of rotatable bonds is 2. The average Bonchev–Trinajstić information content (AvgIpc) is 2.88. The van der Waals surface area contributed by atoms with Gasteiger partial charge in [-0.2, -0.15) is 0 Å². The Kier molecular flexibility index (Phi) is 2.95. The molecule has 0 spiro atoms. The van der Waals surface area contributed by atoms with Crippen molar-refractivity contribution in [1.82, 2.24) is 0 Å². The molecule has 3 heteroatoms. The Bertz CT molecular complexity index is 634. The zero-order valence-electron chi connectivity index (χ0n) is 10.8. The van der Waals surface area contributed by atoms with E-state index in [9.17, 15) is 4.79 Å². The van der Waals surface area contributed by atoms with Crippen molar-refractivity contribution in [1.29, 1.82) is 0 Å². The molecule has 0 aliphatic carbocycles. The zero-order chi connectivity index (χ0) is 13.2. The molecule has 0 bridgehead atoms. The maximum absolute atomic E-state index is 12.3. The summed E-state index contributed by atoms with van der Waals surface area (Å²) >= 11 is 0. The van der Waals surface area contributed by atoms with Gasteiger partial charge in [-0.25, -0.2) is 0 Å². The van der Waals surface area contributed by atoms with E-state index >= 15 is 0 Å². The highest BCUT2D eigenvalue weighted by molar-refractivity contribution is 6.06. The third kappa shape index (κ3) is 2.19. The van der Waals surface area contributed by atoms with Crippen LogP contribution < -0.4 is 10.1 Å². The molecule has 1 aliphatic rings. The molecule has 3 nitrogen and oxygen atoms in total. The largest absolute Gasteiger partial charge is 0.491 e. The topological polar surface area (TPSA) is 38.3 Å². The van der Waals surface area contributed by atoms with Gasteiger partial charge in [0.05, 0.1) is 12.3 Å². The smallest absolute Gasteiger partial charge is 0.256 e. The molecule has 2 aromatic carbocycles. The number of carbonyl (C=O) groups excluding carboxylic acids is 1. The Labute approximate surface area is 112 Å². The quantitative estimate of drug-likeness (QED) is 0.892. The first-order chi connectivity index (χ1) is 9.25. The molecule has 1 N–H and O–H groups in total. The number of hydrogen-bond donors (Lipinski definition) is 1. The molecule has 1 aliphatic heterocycles. The predicted molar refractivity (Wildman–Crippen MR) is 74.8 cm³/mol. The van der Waals surface area contributed by atoms with E-state index in [2.05, 4.69) is 5.32 Å². The molecule has 1 amide bonds. The maximum Gasteiger partial charge on any atom is 0.256 e. The van der Waals surface area contributed by atoms with Crippen LogP contribution in [0.1, 0.15) is 21.5 Å². The number of ether oxygens (including phenoxy) is 1. The van der Waals surface area contributed by atoms with Crippen LogP contribution in [0.5, 0.6) is 5.75 Å². The first-order valence-corrected chi connectivity index (χ1v) is 6.37. The van der Waals surface area contributed by atoms with Gasteiger partial charge in [-0.15, -0.1) is 0 Å². The fourth-order valence-corrected chi connectivity index (χ4v) is 2.33. The van der Waals surface area contributed by atoms with E-state index in [1.54, 1.807) is 0 Å². The van der Waals surface area contributed by atoms with E-state index in [-0.39, 0.29) is 5.91 Å². The normalized spacial score (nSPS) is 12.7. The maximum atomic E-state index is 12.3.